The minimum Gasteiger partial charge on any atom is -0.364 e. The van der Waals surface area contributed by atoms with Crippen molar-refractivity contribution in [1.29, 1.82) is 0 Å². The van der Waals surface area contributed by atoms with Crippen LogP contribution in [0.3, 0.4) is 0 Å². The number of sulfonamides is 1. The van der Waals surface area contributed by atoms with Crippen LogP contribution >= 0.6 is 0 Å². The Morgan fingerprint density at radius 3 is 2.56 bits per heavy atom. The predicted molar refractivity (Wildman–Crippen MR) is 95.7 cm³/mol. The van der Waals surface area contributed by atoms with Gasteiger partial charge in [0.15, 0.2) is 0 Å². The predicted octanol–water partition coefficient (Wildman–Crippen LogP) is 1.06. The molecule has 1 amide bonds. The van der Waals surface area contributed by atoms with Crippen LogP contribution in [-0.4, -0.2) is 28.4 Å². The Morgan fingerprint density at radius 2 is 2.00 bits per heavy atom. The Hall–Kier alpha value is -2.98. The van der Waals surface area contributed by atoms with Crippen molar-refractivity contribution in [3.8, 4) is 0 Å². The van der Waals surface area contributed by atoms with Gasteiger partial charge in [-0.2, -0.15) is 4.72 Å². The van der Waals surface area contributed by atoms with Gasteiger partial charge in [0, 0.05) is 32.7 Å². The van der Waals surface area contributed by atoms with Crippen LogP contribution in [0.2, 0.25) is 0 Å². The summed E-state index contributed by atoms with van der Waals surface area (Å²) in [7, 11) is -0.832. The van der Waals surface area contributed by atoms with Crippen LogP contribution in [0, 0.1) is 5.82 Å². The Kier molecular flexibility index (Phi) is 4.85. The fraction of sp³-hybridized carbons (Fsp3) is 0.176. The number of primary amides is 1. The first kappa shape index (κ1) is 18.8. The van der Waals surface area contributed by atoms with Gasteiger partial charge < -0.3 is 14.9 Å². The van der Waals surface area contributed by atoms with Gasteiger partial charge in [0.25, 0.3) is 5.91 Å². The number of halogens is 1. The van der Waals surface area contributed by atoms with E-state index in [1.165, 1.54) is 48.3 Å². The van der Waals surface area contributed by atoms with E-state index in [4.69, 9.17) is 5.73 Å². The number of nitrogens with zero attached hydrogens (tertiary/aromatic N) is 3. The molecule has 0 aliphatic rings. The van der Waals surface area contributed by atoms with Gasteiger partial charge >= 0.3 is 0 Å². The van der Waals surface area contributed by atoms with E-state index in [-0.39, 0.29) is 10.6 Å². The summed E-state index contributed by atoms with van der Waals surface area (Å²) < 4.78 is 45.0. The molecule has 1 unspecified atom stereocenters. The lowest BCUT2D eigenvalue weighted by Gasteiger charge is -2.19. The summed E-state index contributed by atoms with van der Waals surface area (Å²) >= 11 is 0. The molecule has 10 heteroatoms. The van der Waals surface area contributed by atoms with Crippen molar-refractivity contribution < 1.29 is 17.6 Å². The Balaban J connectivity index is 2.05. The zero-order valence-corrected chi connectivity index (χ0v) is 15.4. The number of aryl methyl sites for hydroxylation is 2. The third-order valence-corrected chi connectivity index (χ3v) is 5.50. The van der Waals surface area contributed by atoms with Crippen LogP contribution in [-0.2, 0) is 24.1 Å². The molecular formula is C17H18FN5O3S. The maximum atomic E-state index is 13.7. The summed E-state index contributed by atoms with van der Waals surface area (Å²) in [5.74, 6) is -0.860. The first-order valence-electron chi connectivity index (χ1n) is 7.90. The highest BCUT2D eigenvalue weighted by atomic mass is 32.2. The SMILES string of the molecule is Cn1cc(S(=O)(=O)NC(c2cccc(F)c2)c2nccn2C)cc1C(N)=O. The van der Waals surface area contributed by atoms with Crippen molar-refractivity contribution in [2.45, 2.75) is 10.9 Å². The molecule has 0 aliphatic heterocycles. The van der Waals surface area contributed by atoms with Crippen molar-refractivity contribution in [3.05, 3.63) is 71.8 Å². The molecule has 0 spiro atoms. The summed E-state index contributed by atoms with van der Waals surface area (Å²) in [5, 5.41) is 0. The van der Waals surface area contributed by atoms with Crippen LogP contribution in [0.4, 0.5) is 4.39 Å². The number of nitrogens with one attached hydrogen (secondary N) is 1. The van der Waals surface area contributed by atoms with Crippen molar-refractivity contribution in [2.75, 3.05) is 0 Å². The van der Waals surface area contributed by atoms with Crippen molar-refractivity contribution in [1.82, 2.24) is 18.8 Å². The second-order valence-corrected chi connectivity index (χ2v) is 7.76. The number of rotatable bonds is 6. The molecule has 1 aromatic carbocycles. The normalized spacial score (nSPS) is 12.9. The van der Waals surface area contributed by atoms with Crippen LogP contribution < -0.4 is 10.5 Å². The molecule has 0 radical (unpaired) electrons. The maximum Gasteiger partial charge on any atom is 0.265 e. The van der Waals surface area contributed by atoms with E-state index in [1.807, 2.05) is 0 Å². The van der Waals surface area contributed by atoms with Crippen LogP contribution in [0.15, 0.2) is 53.8 Å². The van der Waals surface area contributed by atoms with Gasteiger partial charge in [-0.05, 0) is 23.8 Å². The Labute approximate surface area is 155 Å². The van der Waals surface area contributed by atoms with Crippen LogP contribution in [0.25, 0.3) is 0 Å². The number of aromatic nitrogens is 3. The third kappa shape index (κ3) is 3.76. The number of carbonyl (C=O) groups excluding carboxylic acids is 1. The monoisotopic (exact) mass is 391 g/mol. The first-order valence-corrected chi connectivity index (χ1v) is 9.38. The zero-order chi connectivity index (χ0) is 19.8. The van der Waals surface area contributed by atoms with Gasteiger partial charge in [-0.3, -0.25) is 4.79 Å². The number of hydrogen-bond donors (Lipinski definition) is 2. The minimum absolute atomic E-state index is 0.0506. The highest BCUT2D eigenvalue weighted by molar-refractivity contribution is 7.89. The molecule has 1 atom stereocenters. The van der Waals surface area contributed by atoms with Crippen molar-refractivity contribution >= 4 is 15.9 Å². The molecule has 3 aromatic rings. The Bertz CT molecular complexity index is 1100. The molecular weight excluding hydrogens is 373 g/mol. The number of imidazole rings is 1. The standard InChI is InChI=1S/C17H18FN5O3S/c1-22-7-6-20-17(22)15(11-4-3-5-12(18)8-11)21-27(25,26)13-9-14(16(19)24)23(2)10-13/h3-10,15,21H,1-2H3,(H2,19,24). The highest BCUT2D eigenvalue weighted by Crippen LogP contribution is 2.24. The molecule has 0 fully saturated rings. The lowest BCUT2D eigenvalue weighted by atomic mass is 10.1. The molecule has 2 aromatic heterocycles. The van der Waals surface area contributed by atoms with Crippen molar-refractivity contribution in [3.63, 3.8) is 0 Å². The first-order chi connectivity index (χ1) is 12.7. The lowest BCUT2D eigenvalue weighted by molar-refractivity contribution is 0.0992. The van der Waals surface area contributed by atoms with Crippen LogP contribution in [0.5, 0.6) is 0 Å². The van der Waals surface area contributed by atoms with Gasteiger partial charge in [-0.15, -0.1) is 0 Å². The fourth-order valence-electron chi connectivity index (χ4n) is 2.76. The second-order valence-electron chi connectivity index (χ2n) is 6.04. The molecule has 0 bridgehead atoms. The molecule has 0 saturated carbocycles. The minimum atomic E-state index is -4.05. The molecule has 142 valence electrons. The molecule has 0 aliphatic carbocycles. The summed E-state index contributed by atoms with van der Waals surface area (Å²) in [4.78, 5) is 15.5. The van der Waals surface area contributed by atoms with Gasteiger partial charge in [0.2, 0.25) is 10.0 Å². The number of benzene rings is 1. The van der Waals surface area contributed by atoms with Gasteiger partial charge in [-0.1, -0.05) is 12.1 Å². The number of nitrogens with two attached hydrogens (primary N) is 1. The smallest absolute Gasteiger partial charge is 0.265 e. The zero-order valence-electron chi connectivity index (χ0n) is 14.6. The highest BCUT2D eigenvalue weighted by Gasteiger charge is 2.27. The van der Waals surface area contributed by atoms with Gasteiger partial charge in [-0.25, -0.2) is 17.8 Å². The van der Waals surface area contributed by atoms with E-state index in [0.717, 1.165) is 0 Å². The average Bonchev–Trinajstić information content (AvgIpc) is 3.19. The lowest BCUT2D eigenvalue weighted by Crippen LogP contribution is -2.31. The summed E-state index contributed by atoms with van der Waals surface area (Å²) in [6.45, 7) is 0. The third-order valence-electron chi connectivity index (χ3n) is 4.11. The van der Waals surface area contributed by atoms with Gasteiger partial charge in [0.1, 0.15) is 28.3 Å². The summed E-state index contributed by atoms with van der Waals surface area (Å²) in [5.41, 5.74) is 5.69. The summed E-state index contributed by atoms with van der Waals surface area (Å²) in [6.07, 6.45) is 4.46. The maximum absolute atomic E-state index is 13.7. The second kappa shape index (κ2) is 6.97. The van der Waals surface area contributed by atoms with E-state index in [9.17, 15) is 17.6 Å². The van der Waals surface area contributed by atoms with E-state index in [0.29, 0.717) is 11.4 Å². The molecule has 27 heavy (non-hydrogen) atoms. The topological polar surface area (TPSA) is 112 Å². The Morgan fingerprint density at radius 1 is 1.26 bits per heavy atom. The summed E-state index contributed by atoms with van der Waals surface area (Å²) in [6, 6.07) is 5.85. The number of hydrogen-bond acceptors (Lipinski definition) is 4. The van der Waals surface area contributed by atoms with E-state index < -0.39 is 27.8 Å². The molecule has 3 N–H and O–H groups in total. The van der Waals surface area contributed by atoms with Gasteiger partial charge in [0.05, 0.1) is 0 Å². The van der Waals surface area contributed by atoms with E-state index in [2.05, 4.69) is 9.71 Å². The average molecular weight is 391 g/mol. The van der Waals surface area contributed by atoms with E-state index in [1.54, 1.807) is 23.9 Å². The fourth-order valence-corrected chi connectivity index (χ4v) is 4.01. The van der Waals surface area contributed by atoms with Crippen molar-refractivity contribution in [2.24, 2.45) is 19.8 Å². The molecule has 3 rings (SSSR count). The van der Waals surface area contributed by atoms with E-state index >= 15 is 0 Å². The molecule has 2 heterocycles. The molecule has 0 saturated heterocycles. The quantitative estimate of drug-likeness (QED) is 0.654. The molecule has 8 nitrogen and oxygen atoms in total. The van der Waals surface area contributed by atoms with Crippen LogP contribution in [0.1, 0.15) is 27.9 Å². The largest absolute Gasteiger partial charge is 0.364 e. The number of amides is 1. The number of carbonyl (C=O) groups is 1.